The second-order valence-corrected chi connectivity index (χ2v) is 6.77. The van der Waals surface area contributed by atoms with Gasteiger partial charge in [0.2, 0.25) is 0 Å². The number of esters is 1. The van der Waals surface area contributed by atoms with Crippen LogP contribution in [-0.2, 0) is 16.0 Å². The van der Waals surface area contributed by atoms with E-state index in [9.17, 15) is 4.79 Å². The molecule has 0 radical (unpaired) electrons. The Morgan fingerprint density at radius 1 is 1.35 bits per heavy atom. The van der Waals surface area contributed by atoms with Crippen molar-refractivity contribution < 1.29 is 9.53 Å². The molecule has 1 N–H and O–H groups in total. The Hall–Kier alpha value is -2.07. The SMILES string of the molecule is C/C=C1\COC(=O)[C@@H]2[C@H]1C[C@@H]1NCCc3c1n2c1ccccc31. The van der Waals surface area contributed by atoms with Crippen molar-refractivity contribution in [1.29, 1.82) is 0 Å². The molecule has 1 saturated heterocycles. The smallest absolute Gasteiger partial charge is 0.330 e. The molecule has 1 fully saturated rings. The molecule has 0 unspecified atom stereocenters. The van der Waals surface area contributed by atoms with E-state index in [1.54, 1.807) is 0 Å². The van der Waals surface area contributed by atoms with Crippen molar-refractivity contribution in [3.63, 3.8) is 0 Å². The summed E-state index contributed by atoms with van der Waals surface area (Å²) in [5, 5.41) is 4.97. The van der Waals surface area contributed by atoms with E-state index in [0.717, 1.165) is 19.4 Å². The fraction of sp³-hybridized carbons (Fsp3) is 0.421. The first-order chi connectivity index (χ1) is 11.3. The fourth-order valence-corrected chi connectivity index (χ4v) is 4.79. The van der Waals surface area contributed by atoms with Crippen molar-refractivity contribution in [1.82, 2.24) is 9.88 Å². The van der Waals surface area contributed by atoms with Gasteiger partial charge in [-0.1, -0.05) is 24.3 Å². The minimum Gasteiger partial charge on any atom is -0.460 e. The van der Waals surface area contributed by atoms with Crippen molar-refractivity contribution in [2.24, 2.45) is 5.92 Å². The Bertz CT molecular complexity index is 848. The van der Waals surface area contributed by atoms with Gasteiger partial charge in [0.15, 0.2) is 0 Å². The maximum atomic E-state index is 12.6. The number of aromatic nitrogens is 1. The van der Waals surface area contributed by atoms with Crippen LogP contribution in [0.15, 0.2) is 35.9 Å². The monoisotopic (exact) mass is 308 g/mol. The Morgan fingerprint density at radius 2 is 2.22 bits per heavy atom. The lowest BCUT2D eigenvalue weighted by Gasteiger charge is -2.43. The summed E-state index contributed by atoms with van der Waals surface area (Å²) in [5.41, 5.74) is 5.17. The standard InChI is InChI=1S/C19H20N2O2/c1-2-11-10-23-19(22)18-14(11)9-15-17-13(7-8-20-15)12-5-3-4-6-16(12)21(17)18/h2-6,14-15,18,20H,7-10H2,1H3/b11-2+/t14-,15-,18-/m0/s1. The lowest BCUT2D eigenvalue weighted by atomic mass is 9.78. The van der Waals surface area contributed by atoms with Crippen molar-refractivity contribution in [2.45, 2.75) is 31.8 Å². The molecule has 4 heteroatoms. The molecule has 3 aliphatic rings. The lowest BCUT2D eigenvalue weighted by molar-refractivity contribution is -0.152. The summed E-state index contributed by atoms with van der Waals surface area (Å²) in [7, 11) is 0. The average Bonchev–Trinajstić information content (AvgIpc) is 2.92. The molecule has 0 aliphatic carbocycles. The van der Waals surface area contributed by atoms with Gasteiger partial charge < -0.3 is 14.6 Å². The largest absolute Gasteiger partial charge is 0.460 e. The van der Waals surface area contributed by atoms with Crippen LogP contribution in [0, 0.1) is 5.92 Å². The van der Waals surface area contributed by atoms with E-state index in [4.69, 9.17) is 4.74 Å². The highest BCUT2D eigenvalue weighted by molar-refractivity contribution is 5.89. The molecule has 0 amide bonds. The average molecular weight is 308 g/mol. The molecule has 3 atom stereocenters. The van der Waals surface area contributed by atoms with Crippen LogP contribution in [0.2, 0.25) is 0 Å². The molecule has 4 heterocycles. The van der Waals surface area contributed by atoms with Crippen LogP contribution in [0.3, 0.4) is 0 Å². The number of rotatable bonds is 0. The molecule has 1 aromatic heterocycles. The number of cyclic esters (lactones) is 1. The van der Waals surface area contributed by atoms with E-state index >= 15 is 0 Å². The summed E-state index contributed by atoms with van der Waals surface area (Å²) in [6.45, 7) is 3.51. The number of nitrogens with zero attached hydrogens (tertiary/aromatic N) is 1. The third-order valence-corrected chi connectivity index (χ3v) is 5.77. The Balaban J connectivity index is 1.83. The lowest BCUT2D eigenvalue weighted by Crippen LogP contribution is -2.45. The number of fused-ring (bicyclic) bond motifs is 5. The summed E-state index contributed by atoms with van der Waals surface area (Å²) in [4.78, 5) is 12.6. The van der Waals surface area contributed by atoms with Gasteiger partial charge in [-0.3, -0.25) is 0 Å². The van der Waals surface area contributed by atoms with E-state index in [1.807, 2.05) is 0 Å². The fourth-order valence-electron chi connectivity index (χ4n) is 4.79. The summed E-state index contributed by atoms with van der Waals surface area (Å²) < 4.78 is 7.78. The highest BCUT2D eigenvalue weighted by Crippen LogP contribution is 2.48. The maximum Gasteiger partial charge on any atom is 0.330 e. The first-order valence-corrected chi connectivity index (χ1v) is 8.46. The van der Waals surface area contributed by atoms with Gasteiger partial charge in [-0.15, -0.1) is 0 Å². The molecule has 0 saturated carbocycles. The van der Waals surface area contributed by atoms with Gasteiger partial charge in [0.25, 0.3) is 0 Å². The molecule has 5 rings (SSSR count). The van der Waals surface area contributed by atoms with Crippen molar-refractivity contribution in [3.8, 4) is 0 Å². The Morgan fingerprint density at radius 3 is 3.09 bits per heavy atom. The molecule has 23 heavy (non-hydrogen) atoms. The highest BCUT2D eigenvalue weighted by Gasteiger charge is 2.46. The van der Waals surface area contributed by atoms with Crippen LogP contribution in [-0.4, -0.2) is 23.7 Å². The van der Waals surface area contributed by atoms with E-state index in [2.05, 4.69) is 47.1 Å². The molecular formula is C19H20N2O2. The Labute approximate surface area is 135 Å². The first-order valence-electron chi connectivity index (χ1n) is 8.46. The summed E-state index contributed by atoms with van der Waals surface area (Å²) in [6.07, 6.45) is 4.15. The Kier molecular flexibility index (Phi) is 2.74. The number of benzene rings is 1. The van der Waals surface area contributed by atoms with E-state index in [0.29, 0.717) is 12.6 Å². The van der Waals surface area contributed by atoms with Gasteiger partial charge in [-0.25, -0.2) is 4.79 Å². The van der Waals surface area contributed by atoms with Crippen LogP contribution in [0.4, 0.5) is 0 Å². The van der Waals surface area contributed by atoms with Crippen LogP contribution >= 0.6 is 0 Å². The third kappa shape index (κ3) is 1.67. The highest BCUT2D eigenvalue weighted by atomic mass is 16.5. The zero-order valence-corrected chi connectivity index (χ0v) is 13.2. The van der Waals surface area contributed by atoms with E-state index < -0.39 is 0 Å². The minimum atomic E-state index is -0.209. The zero-order valence-electron chi connectivity index (χ0n) is 13.2. The van der Waals surface area contributed by atoms with Crippen LogP contribution < -0.4 is 5.32 Å². The van der Waals surface area contributed by atoms with Gasteiger partial charge >= 0.3 is 5.97 Å². The predicted octanol–water partition coefficient (Wildman–Crippen LogP) is 2.89. The first kappa shape index (κ1) is 13.4. The molecule has 2 aromatic rings. The summed E-state index contributed by atoms with van der Waals surface area (Å²) in [6, 6.07) is 8.62. The molecular weight excluding hydrogens is 288 g/mol. The molecule has 3 aliphatic heterocycles. The number of hydrogen-bond acceptors (Lipinski definition) is 3. The number of ether oxygens (including phenoxy) is 1. The van der Waals surface area contributed by atoms with Crippen molar-refractivity contribution in [2.75, 3.05) is 13.2 Å². The quantitative estimate of drug-likeness (QED) is 0.601. The number of para-hydroxylation sites is 1. The predicted molar refractivity (Wildman–Crippen MR) is 88.2 cm³/mol. The summed E-state index contributed by atoms with van der Waals surface area (Å²) >= 11 is 0. The van der Waals surface area contributed by atoms with Crippen LogP contribution in [0.25, 0.3) is 10.9 Å². The van der Waals surface area contributed by atoms with Crippen LogP contribution in [0.5, 0.6) is 0 Å². The second-order valence-electron chi connectivity index (χ2n) is 6.77. The summed E-state index contributed by atoms with van der Waals surface area (Å²) in [5.74, 6) is 0.168. The molecule has 0 bridgehead atoms. The topological polar surface area (TPSA) is 43.3 Å². The van der Waals surface area contributed by atoms with Gasteiger partial charge in [0.05, 0.1) is 0 Å². The van der Waals surface area contributed by atoms with Gasteiger partial charge in [0.1, 0.15) is 12.6 Å². The molecule has 0 spiro atoms. The zero-order chi connectivity index (χ0) is 15.6. The van der Waals surface area contributed by atoms with Crippen LogP contribution in [0.1, 0.15) is 36.7 Å². The van der Waals surface area contributed by atoms with E-state index in [-0.39, 0.29) is 17.9 Å². The molecule has 4 nitrogen and oxygen atoms in total. The molecule has 118 valence electrons. The van der Waals surface area contributed by atoms with Gasteiger partial charge in [-0.05, 0) is 43.5 Å². The molecule has 1 aromatic carbocycles. The second kappa shape index (κ2) is 4.71. The number of hydrogen-bond donors (Lipinski definition) is 1. The maximum absolute atomic E-state index is 12.6. The number of allylic oxidation sites excluding steroid dienone is 1. The van der Waals surface area contributed by atoms with Gasteiger partial charge in [-0.2, -0.15) is 0 Å². The third-order valence-electron chi connectivity index (χ3n) is 5.77. The van der Waals surface area contributed by atoms with Gasteiger partial charge in [0, 0.05) is 28.6 Å². The van der Waals surface area contributed by atoms with Crippen molar-refractivity contribution >= 4 is 16.9 Å². The van der Waals surface area contributed by atoms with E-state index in [1.165, 1.54) is 27.7 Å². The van der Waals surface area contributed by atoms with Crippen molar-refractivity contribution in [3.05, 3.63) is 47.2 Å². The normalized spacial score (nSPS) is 30.9. The number of nitrogens with one attached hydrogen (secondary N) is 1. The number of carbonyl (C=O) groups is 1. The minimum absolute atomic E-state index is 0.0758. The number of carbonyl (C=O) groups excluding carboxylic acids is 1.